The molecule has 2 heteroatoms. The number of nitrogens with one attached hydrogen (secondary N) is 1. The van der Waals surface area contributed by atoms with Crippen molar-refractivity contribution in [1.82, 2.24) is 10.2 Å². The molecule has 0 bridgehead atoms. The number of hydrogen-bond donors (Lipinski definition) is 1. The molecule has 1 heterocycles. The van der Waals surface area contributed by atoms with Crippen LogP contribution in [0.4, 0.5) is 0 Å². The van der Waals surface area contributed by atoms with E-state index in [9.17, 15) is 0 Å². The number of piperazine rings is 1. The van der Waals surface area contributed by atoms with Gasteiger partial charge >= 0.3 is 0 Å². The van der Waals surface area contributed by atoms with E-state index in [1.807, 2.05) is 0 Å². The molecule has 18 heavy (non-hydrogen) atoms. The summed E-state index contributed by atoms with van der Waals surface area (Å²) in [7, 11) is 0. The zero-order valence-corrected chi connectivity index (χ0v) is 11.8. The lowest BCUT2D eigenvalue weighted by Gasteiger charge is -2.29. The van der Waals surface area contributed by atoms with E-state index in [0.717, 1.165) is 25.4 Å². The van der Waals surface area contributed by atoms with Gasteiger partial charge in [0, 0.05) is 32.7 Å². The number of benzene rings is 1. The van der Waals surface area contributed by atoms with Crippen LogP contribution in [0.2, 0.25) is 0 Å². The zero-order chi connectivity index (χ0) is 12.8. The van der Waals surface area contributed by atoms with E-state index >= 15 is 0 Å². The molecule has 1 atom stereocenters. The molecule has 1 aromatic carbocycles. The van der Waals surface area contributed by atoms with Gasteiger partial charge in [0.15, 0.2) is 0 Å². The third kappa shape index (κ3) is 4.11. The fourth-order valence-corrected chi connectivity index (χ4v) is 2.71. The van der Waals surface area contributed by atoms with E-state index in [4.69, 9.17) is 0 Å². The second-order valence-electron chi connectivity index (χ2n) is 5.53. The summed E-state index contributed by atoms with van der Waals surface area (Å²) in [4.78, 5) is 2.58. The summed E-state index contributed by atoms with van der Waals surface area (Å²) < 4.78 is 0. The fraction of sp³-hybridized carbons (Fsp3) is 0.625. The lowest BCUT2D eigenvalue weighted by atomic mass is 9.99. The van der Waals surface area contributed by atoms with Gasteiger partial charge in [0.25, 0.3) is 0 Å². The molecule has 2 nitrogen and oxygen atoms in total. The van der Waals surface area contributed by atoms with Crippen molar-refractivity contribution in [3.8, 4) is 0 Å². The summed E-state index contributed by atoms with van der Waals surface area (Å²) in [5.74, 6) is 0.746. The molecule has 0 saturated carbocycles. The fourth-order valence-electron chi connectivity index (χ4n) is 2.71. The smallest absolute Gasteiger partial charge is 0.0107 e. The van der Waals surface area contributed by atoms with Gasteiger partial charge in [-0.2, -0.15) is 0 Å². The molecule has 0 radical (unpaired) electrons. The molecule has 0 amide bonds. The van der Waals surface area contributed by atoms with Crippen LogP contribution in [0.1, 0.15) is 25.0 Å². The minimum atomic E-state index is 0.746. The Morgan fingerprint density at radius 2 is 1.72 bits per heavy atom. The first kappa shape index (κ1) is 13.6. The highest BCUT2D eigenvalue weighted by atomic mass is 15.2. The zero-order valence-electron chi connectivity index (χ0n) is 11.8. The largest absolute Gasteiger partial charge is 0.314 e. The Kier molecular flexibility index (Phi) is 5.21. The van der Waals surface area contributed by atoms with E-state index in [1.54, 1.807) is 0 Å². The second kappa shape index (κ2) is 6.91. The average molecular weight is 246 g/mol. The van der Waals surface area contributed by atoms with Crippen molar-refractivity contribution < 1.29 is 0 Å². The standard InChI is InChI=1S/C16H26N2/c1-3-15-4-6-16(7-5-15)12-14(2)13-18-10-8-17-9-11-18/h4-7,14,17H,3,8-13H2,1-2H3. The van der Waals surface area contributed by atoms with Crippen molar-refractivity contribution in [2.45, 2.75) is 26.7 Å². The Balaban J connectivity index is 1.80. The van der Waals surface area contributed by atoms with Crippen molar-refractivity contribution in [3.63, 3.8) is 0 Å². The lowest BCUT2D eigenvalue weighted by molar-refractivity contribution is 0.211. The highest BCUT2D eigenvalue weighted by molar-refractivity contribution is 5.22. The van der Waals surface area contributed by atoms with Gasteiger partial charge in [-0.25, -0.2) is 0 Å². The van der Waals surface area contributed by atoms with Crippen molar-refractivity contribution >= 4 is 0 Å². The molecule has 1 aliphatic heterocycles. The third-order valence-corrected chi connectivity index (χ3v) is 3.79. The van der Waals surface area contributed by atoms with Gasteiger partial charge < -0.3 is 10.2 Å². The van der Waals surface area contributed by atoms with Crippen molar-refractivity contribution in [1.29, 1.82) is 0 Å². The highest BCUT2D eigenvalue weighted by Gasteiger charge is 2.13. The summed E-state index contributed by atoms with van der Waals surface area (Å²) in [5.41, 5.74) is 2.92. The summed E-state index contributed by atoms with van der Waals surface area (Å²) in [5, 5.41) is 3.41. The molecular weight excluding hydrogens is 220 g/mol. The second-order valence-corrected chi connectivity index (χ2v) is 5.53. The highest BCUT2D eigenvalue weighted by Crippen LogP contribution is 2.12. The Morgan fingerprint density at radius 1 is 1.11 bits per heavy atom. The molecule has 0 aromatic heterocycles. The predicted octanol–water partition coefficient (Wildman–Crippen LogP) is 2.33. The van der Waals surface area contributed by atoms with Crippen LogP contribution < -0.4 is 5.32 Å². The maximum Gasteiger partial charge on any atom is 0.0107 e. The molecule has 0 spiro atoms. The minimum absolute atomic E-state index is 0.746. The summed E-state index contributed by atoms with van der Waals surface area (Å²) >= 11 is 0. The van der Waals surface area contributed by atoms with Crippen LogP contribution >= 0.6 is 0 Å². The monoisotopic (exact) mass is 246 g/mol. The summed E-state index contributed by atoms with van der Waals surface area (Å²) in [6, 6.07) is 9.14. The lowest BCUT2D eigenvalue weighted by Crippen LogP contribution is -2.45. The Labute approximate surface area is 111 Å². The molecule has 1 aliphatic rings. The first-order chi connectivity index (χ1) is 8.78. The van der Waals surface area contributed by atoms with Gasteiger partial charge in [-0.1, -0.05) is 38.1 Å². The third-order valence-electron chi connectivity index (χ3n) is 3.79. The topological polar surface area (TPSA) is 15.3 Å². The molecule has 1 saturated heterocycles. The first-order valence-corrected chi connectivity index (χ1v) is 7.29. The average Bonchev–Trinajstić information content (AvgIpc) is 2.40. The van der Waals surface area contributed by atoms with E-state index < -0.39 is 0 Å². The molecular formula is C16H26N2. The van der Waals surface area contributed by atoms with Gasteiger partial charge in [0.05, 0.1) is 0 Å². The van der Waals surface area contributed by atoms with Crippen LogP contribution in [0.5, 0.6) is 0 Å². The number of hydrogen-bond acceptors (Lipinski definition) is 2. The van der Waals surface area contributed by atoms with Crippen LogP contribution in [-0.2, 0) is 12.8 Å². The van der Waals surface area contributed by atoms with Crippen LogP contribution in [0, 0.1) is 5.92 Å². The summed E-state index contributed by atoms with van der Waals surface area (Å²) in [6.07, 6.45) is 2.34. The van der Waals surface area contributed by atoms with Crippen molar-refractivity contribution in [2.24, 2.45) is 5.92 Å². The molecule has 1 aromatic rings. The van der Waals surface area contributed by atoms with E-state index in [1.165, 1.54) is 37.2 Å². The van der Waals surface area contributed by atoms with Crippen LogP contribution in [0.3, 0.4) is 0 Å². The van der Waals surface area contributed by atoms with Gasteiger partial charge in [0.1, 0.15) is 0 Å². The van der Waals surface area contributed by atoms with Gasteiger partial charge in [-0.05, 0) is 29.9 Å². The first-order valence-electron chi connectivity index (χ1n) is 7.29. The number of rotatable bonds is 5. The number of aryl methyl sites for hydroxylation is 1. The normalized spacial score (nSPS) is 18.8. The Morgan fingerprint density at radius 3 is 2.33 bits per heavy atom. The quantitative estimate of drug-likeness (QED) is 0.858. The van der Waals surface area contributed by atoms with Crippen LogP contribution in [0.25, 0.3) is 0 Å². The van der Waals surface area contributed by atoms with Crippen molar-refractivity contribution in [3.05, 3.63) is 35.4 Å². The predicted molar refractivity (Wildman–Crippen MR) is 78.0 cm³/mol. The molecule has 0 aliphatic carbocycles. The molecule has 100 valence electrons. The Bertz CT molecular complexity index is 339. The van der Waals surface area contributed by atoms with Crippen LogP contribution in [0.15, 0.2) is 24.3 Å². The molecule has 2 rings (SSSR count). The summed E-state index contributed by atoms with van der Waals surface area (Å²) in [6.45, 7) is 10.5. The van der Waals surface area contributed by atoms with E-state index in [-0.39, 0.29) is 0 Å². The molecule has 1 N–H and O–H groups in total. The van der Waals surface area contributed by atoms with E-state index in [2.05, 4.69) is 48.3 Å². The minimum Gasteiger partial charge on any atom is -0.314 e. The van der Waals surface area contributed by atoms with Gasteiger partial charge in [0.2, 0.25) is 0 Å². The Hall–Kier alpha value is -0.860. The molecule has 1 fully saturated rings. The number of nitrogens with zero attached hydrogens (tertiary/aromatic N) is 1. The van der Waals surface area contributed by atoms with E-state index in [0.29, 0.717) is 0 Å². The SMILES string of the molecule is CCc1ccc(CC(C)CN2CCNCC2)cc1. The maximum absolute atomic E-state index is 3.41. The van der Waals surface area contributed by atoms with Crippen LogP contribution in [-0.4, -0.2) is 37.6 Å². The maximum atomic E-state index is 3.41. The van der Waals surface area contributed by atoms with Gasteiger partial charge in [-0.15, -0.1) is 0 Å². The van der Waals surface area contributed by atoms with Gasteiger partial charge in [-0.3, -0.25) is 0 Å². The molecule has 1 unspecified atom stereocenters. The van der Waals surface area contributed by atoms with Crippen molar-refractivity contribution in [2.75, 3.05) is 32.7 Å².